The van der Waals surface area contributed by atoms with Crippen molar-refractivity contribution in [1.29, 1.82) is 0 Å². The minimum absolute atomic E-state index is 0.143. The average Bonchev–Trinajstić information content (AvgIpc) is 2.44. The Labute approximate surface area is 131 Å². The lowest BCUT2D eigenvalue weighted by molar-refractivity contribution is -0.287. The largest absolute Gasteiger partial charge is 0.361 e. The van der Waals surface area contributed by atoms with Gasteiger partial charge in [0, 0.05) is 12.1 Å². The second-order valence-electron chi connectivity index (χ2n) is 6.89. The molecule has 0 spiro atoms. The van der Waals surface area contributed by atoms with Crippen molar-refractivity contribution in [2.45, 2.75) is 31.2 Å². The van der Waals surface area contributed by atoms with Crippen molar-refractivity contribution < 1.29 is 9.84 Å². The standard InChI is InChI=1S/C19H23NO2/c1-20-12-18(15-7-4-8-15)22-19(21,13-20)17-10-9-14-5-2-3-6-16(14)11-17/h2-3,5-6,9-11,15,18,21H,4,7-8,12-13H2,1H3. The summed E-state index contributed by atoms with van der Waals surface area (Å²) in [6, 6.07) is 14.4. The Hall–Kier alpha value is -1.42. The molecule has 2 aromatic rings. The van der Waals surface area contributed by atoms with Crippen molar-refractivity contribution in [3.63, 3.8) is 0 Å². The number of morpholine rings is 1. The van der Waals surface area contributed by atoms with Crippen LogP contribution in [0.3, 0.4) is 0 Å². The molecule has 3 nitrogen and oxygen atoms in total. The summed E-state index contributed by atoms with van der Waals surface area (Å²) in [6.07, 6.45) is 3.89. The van der Waals surface area contributed by atoms with E-state index in [9.17, 15) is 5.11 Å². The van der Waals surface area contributed by atoms with E-state index in [1.165, 1.54) is 24.6 Å². The van der Waals surface area contributed by atoms with Crippen molar-refractivity contribution >= 4 is 10.8 Å². The second kappa shape index (κ2) is 5.34. The van der Waals surface area contributed by atoms with Crippen molar-refractivity contribution in [3.8, 4) is 0 Å². The molecule has 2 unspecified atom stereocenters. The van der Waals surface area contributed by atoms with Crippen molar-refractivity contribution in [1.82, 2.24) is 4.90 Å². The molecule has 4 rings (SSSR count). The zero-order chi connectivity index (χ0) is 15.2. The van der Waals surface area contributed by atoms with Gasteiger partial charge in [-0.15, -0.1) is 0 Å². The van der Waals surface area contributed by atoms with E-state index in [0.717, 1.165) is 17.5 Å². The minimum atomic E-state index is -1.20. The van der Waals surface area contributed by atoms with Crippen LogP contribution in [0.1, 0.15) is 24.8 Å². The third-order valence-corrected chi connectivity index (χ3v) is 5.20. The third kappa shape index (κ3) is 2.43. The Morgan fingerprint density at radius 3 is 2.64 bits per heavy atom. The number of nitrogens with zero attached hydrogens (tertiary/aromatic N) is 1. The van der Waals surface area contributed by atoms with Crippen LogP contribution in [-0.2, 0) is 10.5 Å². The van der Waals surface area contributed by atoms with Crippen molar-refractivity contribution in [3.05, 3.63) is 48.0 Å². The van der Waals surface area contributed by atoms with Crippen molar-refractivity contribution in [2.24, 2.45) is 5.92 Å². The maximum Gasteiger partial charge on any atom is 0.205 e. The van der Waals surface area contributed by atoms with Crippen LogP contribution in [0.5, 0.6) is 0 Å². The van der Waals surface area contributed by atoms with Gasteiger partial charge < -0.3 is 9.84 Å². The zero-order valence-electron chi connectivity index (χ0n) is 13.0. The molecule has 0 bridgehead atoms. The molecule has 1 aliphatic carbocycles. The first-order valence-corrected chi connectivity index (χ1v) is 8.22. The van der Waals surface area contributed by atoms with E-state index in [2.05, 4.69) is 36.2 Å². The predicted molar refractivity (Wildman–Crippen MR) is 87.6 cm³/mol. The van der Waals surface area contributed by atoms with E-state index in [-0.39, 0.29) is 6.10 Å². The highest BCUT2D eigenvalue weighted by atomic mass is 16.6. The normalized spacial score (nSPS) is 30.4. The fourth-order valence-electron chi connectivity index (χ4n) is 3.71. The van der Waals surface area contributed by atoms with E-state index in [1.54, 1.807) is 0 Å². The van der Waals surface area contributed by atoms with Gasteiger partial charge in [-0.25, -0.2) is 0 Å². The number of aliphatic hydroxyl groups is 1. The molecular weight excluding hydrogens is 274 g/mol. The lowest BCUT2D eigenvalue weighted by Gasteiger charge is -2.46. The van der Waals surface area contributed by atoms with Gasteiger partial charge in [0.05, 0.1) is 12.6 Å². The van der Waals surface area contributed by atoms with Crippen LogP contribution in [-0.4, -0.2) is 36.2 Å². The average molecular weight is 297 g/mol. The van der Waals surface area contributed by atoms with Gasteiger partial charge in [-0.2, -0.15) is 0 Å². The number of ether oxygens (including phenoxy) is 1. The van der Waals surface area contributed by atoms with Crippen LogP contribution < -0.4 is 0 Å². The molecule has 0 aromatic heterocycles. The molecular formula is C19H23NO2. The predicted octanol–water partition coefficient (Wildman–Crippen LogP) is 3.12. The summed E-state index contributed by atoms with van der Waals surface area (Å²) in [5.41, 5.74) is 0.863. The summed E-state index contributed by atoms with van der Waals surface area (Å²) in [6.45, 7) is 1.44. The molecule has 3 heteroatoms. The monoisotopic (exact) mass is 297 g/mol. The first-order chi connectivity index (χ1) is 10.6. The molecule has 0 amide bonds. The van der Waals surface area contributed by atoms with Gasteiger partial charge in [0.1, 0.15) is 0 Å². The Bertz CT molecular complexity index is 682. The molecule has 2 atom stereocenters. The molecule has 2 aliphatic rings. The van der Waals surface area contributed by atoms with Crippen LogP contribution >= 0.6 is 0 Å². The molecule has 0 radical (unpaired) electrons. The molecule has 116 valence electrons. The first kappa shape index (κ1) is 14.2. The lowest BCUT2D eigenvalue weighted by Crippen LogP contribution is -2.55. The molecule has 1 aliphatic heterocycles. The van der Waals surface area contributed by atoms with Crippen molar-refractivity contribution in [2.75, 3.05) is 20.1 Å². The Balaban J connectivity index is 1.67. The number of benzene rings is 2. The molecule has 22 heavy (non-hydrogen) atoms. The maximum absolute atomic E-state index is 11.1. The van der Waals surface area contributed by atoms with Gasteiger partial charge in [-0.3, -0.25) is 4.90 Å². The first-order valence-electron chi connectivity index (χ1n) is 8.22. The minimum Gasteiger partial charge on any atom is -0.361 e. The fraction of sp³-hybridized carbons (Fsp3) is 0.474. The lowest BCUT2D eigenvalue weighted by atomic mass is 9.80. The summed E-state index contributed by atoms with van der Waals surface area (Å²) in [7, 11) is 2.07. The number of rotatable bonds is 2. The summed E-state index contributed by atoms with van der Waals surface area (Å²) in [5.74, 6) is -0.591. The zero-order valence-corrected chi connectivity index (χ0v) is 13.0. The Morgan fingerprint density at radius 1 is 1.14 bits per heavy atom. The number of likely N-dealkylation sites (N-methyl/N-ethyl adjacent to an activating group) is 1. The fourth-order valence-corrected chi connectivity index (χ4v) is 3.71. The quantitative estimate of drug-likeness (QED) is 0.924. The molecule has 1 heterocycles. The Morgan fingerprint density at radius 2 is 1.91 bits per heavy atom. The topological polar surface area (TPSA) is 32.7 Å². The highest BCUT2D eigenvalue weighted by Gasteiger charge is 2.43. The molecule has 1 saturated carbocycles. The highest BCUT2D eigenvalue weighted by Crippen LogP contribution is 2.38. The van der Waals surface area contributed by atoms with Gasteiger partial charge in [-0.1, -0.05) is 42.8 Å². The van der Waals surface area contributed by atoms with Gasteiger partial charge in [0.2, 0.25) is 5.79 Å². The smallest absolute Gasteiger partial charge is 0.205 e. The third-order valence-electron chi connectivity index (χ3n) is 5.20. The van der Waals surface area contributed by atoms with Crippen LogP contribution in [0.15, 0.2) is 42.5 Å². The van der Waals surface area contributed by atoms with E-state index in [4.69, 9.17) is 4.74 Å². The van der Waals surface area contributed by atoms with Gasteiger partial charge in [0.15, 0.2) is 0 Å². The molecule has 1 N–H and O–H groups in total. The van der Waals surface area contributed by atoms with Gasteiger partial charge >= 0.3 is 0 Å². The molecule has 2 aromatic carbocycles. The van der Waals surface area contributed by atoms with Gasteiger partial charge in [-0.05, 0) is 42.6 Å². The summed E-state index contributed by atoms with van der Waals surface area (Å²) < 4.78 is 6.20. The summed E-state index contributed by atoms with van der Waals surface area (Å²) >= 11 is 0. The molecule has 2 fully saturated rings. The van der Waals surface area contributed by atoms with E-state index < -0.39 is 5.79 Å². The summed E-state index contributed by atoms with van der Waals surface area (Å²) in [5, 5.41) is 13.5. The van der Waals surface area contributed by atoms with Crippen LogP contribution in [0.25, 0.3) is 10.8 Å². The maximum atomic E-state index is 11.1. The van der Waals surface area contributed by atoms with Gasteiger partial charge in [0.25, 0.3) is 0 Å². The van der Waals surface area contributed by atoms with E-state index >= 15 is 0 Å². The van der Waals surface area contributed by atoms with Crippen LogP contribution in [0, 0.1) is 5.92 Å². The SMILES string of the molecule is CN1CC(C2CCC2)OC(O)(c2ccc3ccccc3c2)C1. The number of β-amino-alcohol motifs (C(OH)–C–C–N with tert-alkyl or cyclic N) is 1. The number of hydrogen-bond acceptors (Lipinski definition) is 3. The Kier molecular flexibility index (Phi) is 3.44. The number of fused-ring (bicyclic) bond motifs is 1. The second-order valence-corrected chi connectivity index (χ2v) is 6.89. The van der Waals surface area contributed by atoms with E-state index in [1.807, 2.05) is 18.2 Å². The highest BCUT2D eigenvalue weighted by molar-refractivity contribution is 5.83. The molecule has 1 saturated heterocycles. The van der Waals surface area contributed by atoms with Crippen LogP contribution in [0.4, 0.5) is 0 Å². The van der Waals surface area contributed by atoms with Crippen LogP contribution in [0.2, 0.25) is 0 Å². The summed E-state index contributed by atoms with van der Waals surface area (Å²) in [4.78, 5) is 2.20. The van der Waals surface area contributed by atoms with E-state index in [0.29, 0.717) is 12.5 Å². The number of hydrogen-bond donors (Lipinski definition) is 1.